The van der Waals surface area contributed by atoms with Crippen molar-refractivity contribution in [1.29, 1.82) is 0 Å². The fourth-order valence-electron chi connectivity index (χ4n) is 3.67. The molecule has 0 bridgehead atoms. The summed E-state index contributed by atoms with van der Waals surface area (Å²) in [6.45, 7) is 1.81. The number of esters is 1. The Labute approximate surface area is 162 Å². The predicted molar refractivity (Wildman–Crippen MR) is 106 cm³/mol. The van der Waals surface area contributed by atoms with Gasteiger partial charge in [-0.25, -0.2) is 10.2 Å². The number of amides is 1. The Balaban J connectivity index is 1.65. The molecule has 1 aliphatic rings. The molecule has 0 aliphatic heterocycles. The number of aryl methyl sites for hydroxylation is 1. The molecule has 0 spiro atoms. The number of carbonyl (C=O) groups excluding carboxylic acids is 2. The number of fused-ring (bicyclic) bond motifs is 2. The highest BCUT2D eigenvalue weighted by atomic mass is 16.5. The molecule has 0 saturated heterocycles. The third-order valence-electron chi connectivity index (χ3n) is 5.02. The Bertz CT molecular complexity index is 1110. The number of nitrogens with one attached hydrogen (secondary N) is 1. The number of ether oxygens (including phenoxy) is 1. The molecule has 1 N–H and O–H groups in total. The van der Waals surface area contributed by atoms with Gasteiger partial charge in [0, 0.05) is 23.1 Å². The molecule has 0 fully saturated rings. The molecule has 0 atom stereocenters. The Morgan fingerprint density at radius 3 is 2.71 bits per heavy atom. The monoisotopic (exact) mass is 376 g/mol. The van der Waals surface area contributed by atoms with Crippen LogP contribution in [0.1, 0.15) is 50.6 Å². The minimum atomic E-state index is -0.508. The van der Waals surface area contributed by atoms with Crippen molar-refractivity contribution < 1.29 is 18.7 Å². The van der Waals surface area contributed by atoms with Gasteiger partial charge in [-0.3, -0.25) is 4.79 Å². The highest BCUT2D eigenvalue weighted by molar-refractivity contribution is 6.09. The number of carbonyl (C=O) groups is 2. The Morgan fingerprint density at radius 1 is 1.11 bits per heavy atom. The largest absolute Gasteiger partial charge is 0.463 e. The minimum Gasteiger partial charge on any atom is -0.463 e. The fraction of sp³-hybridized carbons (Fsp3) is 0.227. The first-order valence-corrected chi connectivity index (χ1v) is 9.15. The smallest absolute Gasteiger partial charge is 0.374 e. The number of nitrogens with zero attached hydrogens (tertiary/aromatic N) is 1. The van der Waals surface area contributed by atoms with E-state index in [0.29, 0.717) is 29.0 Å². The number of rotatable bonds is 3. The topological polar surface area (TPSA) is 80.9 Å². The highest BCUT2D eigenvalue weighted by Gasteiger charge is 2.28. The second kappa shape index (κ2) is 7.31. The second-order valence-electron chi connectivity index (χ2n) is 6.73. The van der Waals surface area contributed by atoms with Gasteiger partial charge in [-0.05, 0) is 36.6 Å². The lowest BCUT2D eigenvalue weighted by atomic mass is 9.93. The summed E-state index contributed by atoms with van der Waals surface area (Å²) in [4.78, 5) is 24.7. The first kappa shape index (κ1) is 18.0. The summed E-state index contributed by atoms with van der Waals surface area (Å²) >= 11 is 0. The molecule has 6 nitrogen and oxygen atoms in total. The zero-order valence-electron chi connectivity index (χ0n) is 15.7. The molecule has 4 rings (SSSR count). The van der Waals surface area contributed by atoms with E-state index in [1.54, 1.807) is 6.07 Å². The van der Waals surface area contributed by atoms with Gasteiger partial charge in [-0.2, -0.15) is 5.10 Å². The van der Waals surface area contributed by atoms with Gasteiger partial charge < -0.3 is 9.15 Å². The minimum absolute atomic E-state index is 0.197. The maximum absolute atomic E-state index is 12.7. The zero-order chi connectivity index (χ0) is 19.7. The number of hydrazone groups is 1. The Kier molecular flexibility index (Phi) is 4.69. The summed E-state index contributed by atoms with van der Waals surface area (Å²) in [5, 5.41) is 6.24. The lowest BCUT2D eigenvalue weighted by Gasteiger charge is -2.13. The summed E-state index contributed by atoms with van der Waals surface area (Å²) in [5.74, 6) is 0.126. The molecule has 0 radical (unpaired) electrons. The third-order valence-corrected chi connectivity index (χ3v) is 5.02. The molecule has 142 valence electrons. The summed E-state index contributed by atoms with van der Waals surface area (Å²) in [7, 11) is 1.32. The van der Waals surface area contributed by atoms with E-state index in [1.165, 1.54) is 7.11 Å². The molecule has 2 aromatic carbocycles. The van der Waals surface area contributed by atoms with Crippen LogP contribution in [0.15, 0.2) is 52.0 Å². The van der Waals surface area contributed by atoms with Crippen molar-refractivity contribution in [1.82, 2.24) is 5.43 Å². The van der Waals surface area contributed by atoms with Gasteiger partial charge >= 0.3 is 5.97 Å². The van der Waals surface area contributed by atoms with Crippen molar-refractivity contribution in [2.45, 2.75) is 26.2 Å². The van der Waals surface area contributed by atoms with Gasteiger partial charge in [-0.1, -0.05) is 36.4 Å². The number of benzene rings is 2. The van der Waals surface area contributed by atoms with E-state index in [4.69, 9.17) is 9.15 Å². The number of hydrogen-bond acceptors (Lipinski definition) is 5. The van der Waals surface area contributed by atoms with Crippen LogP contribution in [-0.2, 0) is 11.2 Å². The van der Waals surface area contributed by atoms with Crippen LogP contribution in [0, 0.1) is 6.92 Å². The quantitative estimate of drug-likeness (QED) is 0.553. The maximum atomic E-state index is 12.7. The van der Waals surface area contributed by atoms with Gasteiger partial charge in [-0.15, -0.1) is 0 Å². The molecule has 1 heterocycles. The van der Waals surface area contributed by atoms with E-state index in [0.717, 1.165) is 29.2 Å². The van der Waals surface area contributed by atoms with Crippen LogP contribution in [0.3, 0.4) is 0 Å². The summed E-state index contributed by atoms with van der Waals surface area (Å²) in [6.07, 6.45) is 2.26. The standard InChI is InChI=1S/C22H20N2O4/c1-13-19-17(11-6-12-18(19)28-20(13)22(26)27-2)23-24-21(25)16-10-5-8-14-7-3-4-9-15(14)16/h3-5,7-10H,6,11-12H2,1-2H3,(H,24,25)/b23-17+. The van der Waals surface area contributed by atoms with E-state index in [-0.39, 0.29) is 11.7 Å². The molecule has 1 aliphatic carbocycles. The van der Waals surface area contributed by atoms with E-state index in [2.05, 4.69) is 10.5 Å². The number of furan rings is 1. The van der Waals surface area contributed by atoms with Crippen molar-refractivity contribution in [3.63, 3.8) is 0 Å². The Hall–Kier alpha value is -3.41. The van der Waals surface area contributed by atoms with Crippen molar-refractivity contribution >= 4 is 28.4 Å². The molecule has 6 heteroatoms. The normalized spacial score (nSPS) is 14.7. The average molecular weight is 376 g/mol. The van der Waals surface area contributed by atoms with Crippen LogP contribution in [0.4, 0.5) is 0 Å². The van der Waals surface area contributed by atoms with Crippen molar-refractivity contribution in [3.8, 4) is 0 Å². The molecule has 0 saturated carbocycles. The van der Waals surface area contributed by atoms with Gasteiger partial charge in [0.25, 0.3) is 5.91 Å². The molecule has 1 aromatic heterocycles. The lowest BCUT2D eigenvalue weighted by Crippen LogP contribution is -2.22. The van der Waals surface area contributed by atoms with Gasteiger partial charge in [0.2, 0.25) is 5.76 Å². The Morgan fingerprint density at radius 2 is 1.89 bits per heavy atom. The molecular formula is C22H20N2O4. The number of methoxy groups -OCH3 is 1. The van der Waals surface area contributed by atoms with Gasteiger partial charge in [0.15, 0.2) is 0 Å². The van der Waals surface area contributed by atoms with Crippen LogP contribution < -0.4 is 5.43 Å². The first-order valence-electron chi connectivity index (χ1n) is 9.15. The fourth-order valence-corrected chi connectivity index (χ4v) is 3.67. The van der Waals surface area contributed by atoms with Crippen LogP contribution in [0.5, 0.6) is 0 Å². The van der Waals surface area contributed by atoms with E-state index < -0.39 is 5.97 Å². The summed E-state index contributed by atoms with van der Waals surface area (Å²) in [6, 6.07) is 13.3. The molecule has 3 aromatic rings. The van der Waals surface area contributed by atoms with E-state index >= 15 is 0 Å². The third kappa shape index (κ3) is 3.07. The van der Waals surface area contributed by atoms with E-state index in [1.807, 2.05) is 43.3 Å². The second-order valence-corrected chi connectivity index (χ2v) is 6.73. The van der Waals surface area contributed by atoms with Crippen LogP contribution >= 0.6 is 0 Å². The maximum Gasteiger partial charge on any atom is 0.374 e. The highest BCUT2D eigenvalue weighted by Crippen LogP contribution is 2.30. The zero-order valence-corrected chi connectivity index (χ0v) is 15.7. The molecular weight excluding hydrogens is 356 g/mol. The summed E-state index contributed by atoms with van der Waals surface area (Å²) < 4.78 is 10.5. The number of hydrogen-bond donors (Lipinski definition) is 1. The van der Waals surface area contributed by atoms with Crippen molar-refractivity contribution in [3.05, 3.63) is 70.7 Å². The molecule has 28 heavy (non-hydrogen) atoms. The average Bonchev–Trinajstić information content (AvgIpc) is 3.08. The van der Waals surface area contributed by atoms with Crippen molar-refractivity contribution in [2.24, 2.45) is 5.10 Å². The van der Waals surface area contributed by atoms with Crippen LogP contribution in [-0.4, -0.2) is 24.7 Å². The van der Waals surface area contributed by atoms with Crippen molar-refractivity contribution in [2.75, 3.05) is 7.11 Å². The predicted octanol–water partition coefficient (Wildman–Crippen LogP) is 4.00. The SMILES string of the molecule is COC(=O)c1oc2c(c1C)/C(=N/NC(=O)c1cccc3ccccc13)CCC2. The first-order chi connectivity index (χ1) is 13.6. The molecule has 1 amide bonds. The van der Waals surface area contributed by atoms with Crippen LogP contribution in [0.25, 0.3) is 10.8 Å². The lowest BCUT2D eigenvalue weighted by molar-refractivity contribution is 0.0561. The molecule has 0 unspecified atom stereocenters. The summed E-state index contributed by atoms with van der Waals surface area (Å²) in [5.41, 5.74) is 5.44. The van der Waals surface area contributed by atoms with Crippen LogP contribution in [0.2, 0.25) is 0 Å². The van der Waals surface area contributed by atoms with Gasteiger partial charge in [0.1, 0.15) is 5.76 Å². The van der Waals surface area contributed by atoms with E-state index in [9.17, 15) is 9.59 Å². The van der Waals surface area contributed by atoms with Gasteiger partial charge in [0.05, 0.1) is 12.8 Å².